The Morgan fingerprint density at radius 1 is 1.12 bits per heavy atom. The second-order valence-corrected chi connectivity index (χ2v) is 5.84. The minimum Gasteiger partial charge on any atom is -0.315 e. The normalized spacial score (nSPS) is 18.6. The molecule has 0 radical (unpaired) electrons. The molecule has 0 aliphatic carbocycles. The van der Waals surface area contributed by atoms with E-state index in [0.29, 0.717) is 0 Å². The molecule has 2 heterocycles. The van der Waals surface area contributed by atoms with Crippen molar-refractivity contribution >= 4 is 11.3 Å². The van der Waals surface area contributed by atoms with Crippen molar-refractivity contribution in [2.75, 3.05) is 20.1 Å². The van der Waals surface area contributed by atoms with Crippen LogP contribution in [-0.2, 0) is 13.1 Å². The van der Waals surface area contributed by atoms with E-state index in [9.17, 15) is 0 Å². The van der Waals surface area contributed by atoms with Crippen LogP contribution in [0.5, 0.6) is 0 Å². The quantitative estimate of drug-likeness (QED) is 0.867. The van der Waals surface area contributed by atoms with Crippen molar-refractivity contribution in [3.63, 3.8) is 0 Å². The summed E-state index contributed by atoms with van der Waals surface area (Å²) in [5, 5.41) is 3.21. The van der Waals surface area contributed by atoms with Crippen LogP contribution in [0.3, 0.4) is 0 Å². The van der Waals surface area contributed by atoms with Crippen LogP contribution in [0.4, 0.5) is 0 Å². The molecular formula is C13H22N2S. The third-order valence-electron chi connectivity index (χ3n) is 3.15. The van der Waals surface area contributed by atoms with Gasteiger partial charge in [-0.1, -0.05) is 12.8 Å². The molecule has 2 rings (SSSR count). The molecule has 0 aromatic carbocycles. The molecule has 90 valence electrons. The van der Waals surface area contributed by atoms with Gasteiger partial charge in [0.15, 0.2) is 0 Å². The Hall–Kier alpha value is -0.380. The van der Waals surface area contributed by atoms with Crippen LogP contribution in [0, 0.1) is 0 Å². The van der Waals surface area contributed by atoms with Crippen LogP contribution in [-0.4, -0.2) is 25.0 Å². The maximum Gasteiger partial charge on any atom is 0.0328 e. The molecule has 16 heavy (non-hydrogen) atoms. The van der Waals surface area contributed by atoms with E-state index in [2.05, 4.69) is 22.3 Å². The van der Waals surface area contributed by atoms with E-state index in [4.69, 9.17) is 0 Å². The molecule has 1 aliphatic heterocycles. The van der Waals surface area contributed by atoms with E-state index in [-0.39, 0.29) is 0 Å². The number of thiophene rings is 1. The van der Waals surface area contributed by atoms with Crippen LogP contribution in [0.15, 0.2) is 12.1 Å². The average molecular weight is 238 g/mol. The largest absolute Gasteiger partial charge is 0.315 e. The van der Waals surface area contributed by atoms with Crippen LogP contribution < -0.4 is 5.32 Å². The smallest absolute Gasteiger partial charge is 0.0328 e. The Balaban J connectivity index is 1.86. The number of nitrogens with zero attached hydrogens (tertiary/aromatic N) is 1. The highest BCUT2D eigenvalue weighted by atomic mass is 32.1. The topological polar surface area (TPSA) is 15.3 Å². The standard InChI is InChI=1S/C13H22N2S/c1-14-10-12-6-7-13(16-12)11-15-8-4-2-3-5-9-15/h6-7,14H,2-5,8-11H2,1H3. The number of rotatable bonds is 4. The van der Waals surface area contributed by atoms with Crippen molar-refractivity contribution < 1.29 is 0 Å². The monoisotopic (exact) mass is 238 g/mol. The summed E-state index contributed by atoms with van der Waals surface area (Å²) in [7, 11) is 2.01. The highest BCUT2D eigenvalue weighted by Crippen LogP contribution is 2.20. The van der Waals surface area contributed by atoms with Crippen molar-refractivity contribution in [1.82, 2.24) is 10.2 Å². The first-order chi connectivity index (χ1) is 7.88. The molecule has 0 atom stereocenters. The zero-order valence-corrected chi connectivity index (χ0v) is 11.0. The molecule has 1 N–H and O–H groups in total. The van der Waals surface area contributed by atoms with Gasteiger partial charge in [-0.05, 0) is 45.1 Å². The minimum atomic E-state index is 1.00. The van der Waals surface area contributed by atoms with Crippen molar-refractivity contribution in [3.05, 3.63) is 21.9 Å². The molecule has 0 bridgehead atoms. The molecule has 3 heteroatoms. The predicted molar refractivity (Wildman–Crippen MR) is 70.8 cm³/mol. The lowest BCUT2D eigenvalue weighted by Gasteiger charge is -2.18. The third-order valence-corrected chi connectivity index (χ3v) is 4.22. The summed E-state index contributed by atoms with van der Waals surface area (Å²) in [6, 6.07) is 4.55. The van der Waals surface area contributed by atoms with Gasteiger partial charge in [0.25, 0.3) is 0 Å². The first kappa shape index (κ1) is 12.1. The van der Waals surface area contributed by atoms with E-state index in [0.717, 1.165) is 13.1 Å². The fourth-order valence-corrected chi connectivity index (χ4v) is 3.36. The Morgan fingerprint density at radius 3 is 2.50 bits per heavy atom. The average Bonchev–Trinajstić information content (AvgIpc) is 2.56. The molecule has 1 fully saturated rings. The number of hydrogen-bond donors (Lipinski definition) is 1. The van der Waals surface area contributed by atoms with E-state index < -0.39 is 0 Å². The Bertz CT molecular complexity index is 301. The maximum absolute atomic E-state index is 3.21. The van der Waals surface area contributed by atoms with Gasteiger partial charge in [-0.2, -0.15) is 0 Å². The van der Waals surface area contributed by atoms with Gasteiger partial charge in [-0.25, -0.2) is 0 Å². The van der Waals surface area contributed by atoms with Gasteiger partial charge in [-0.15, -0.1) is 11.3 Å². The van der Waals surface area contributed by atoms with Crippen LogP contribution in [0.2, 0.25) is 0 Å². The Morgan fingerprint density at radius 2 is 1.81 bits per heavy atom. The van der Waals surface area contributed by atoms with Gasteiger partial charge in [0.1, 0.15) is 0 Å². The molecule has 0 unspecified atom stereocenters. The molecule has 1 aromatic heterocycles. The lowest BCUT2D eigenvalue weighted by atomic mass is 10.2. The van der Waals surface area contributed by atoms with Crippen molar-refractivity contribution in [2.24, 2.45) is 0 Å². The summed E-state index contributed by atoms with van der Waals surface area (Å²) in [5.74, 6) is 0. The summed E-state index contributed by atoms with van der Waals surface area (Å²) in [6.45, 7) is 4.75. The SMILES string of the molecule is CNCc1ccc(CN2CCCCCC2)s1. The lowest BCUT2D eigenvalue weighted by molar-refractivity contribution is 0.279. The Kier molecular flexibility index (Phi) is 4.82. The molecule has 1 saturated heterocycles. The van der Waals surface area contributed by atoms with Gasteiger partial charge in [0.2, 0.25) is 0 Å². The maximum atomic E-state index is 3.21. The number of likely N-dealkylation sites (tertiary alicyclic amines) is 1. The summed E-state index contributed by atoms with van der Waals surface area (Å²) in [6.07, 6.45) is 5.61. The fraction of sp³-hybridized carbons (Fsp3) is 0.692. The van der Waals surface area contributed by atoms with Crippen molar-refractivity contribution in [3.8, 4) is 0 Å². The summed E-state index contributed by atoms with van der Waals surface area (Å²) in [4.78, 5) is 5.58. The molecule has 0 amide bonds. The summed E-state index contributed by atoms with van der Waals surface area (Å²) < 4.78 is 0. The zero-order valence-electron chi connectivity index (χ0n) is 10.2. The van der Waals surface area contributed by atoms with Crippen LogP contribution in [0.25, 0.3) is 0 Å². The predicted octanol–water partition coefficient (Wildman–Crippen LogP) is 2.84. The van der Waals surface area contributed by atoms with Gasteiger partial charge in [-0.3, -0.25) is 4.90 Å². The van der Waals surface area contributed by atoms with Gasteiger partial charge >= 0.3 is 0 Å². The lowest BCUT2D eigenvalue weighted by Crippen LogP contribution is -2.23. The van der Waals surface area contributed by atoms with Crippen molar-refractivity contribution in [1.29, 1.82) is 0 Å². The van der Waals surface area contributed by atoms with E-state index in [1.54, 1.807) is 0 Å². The van der Waals surface area contributed by atoms with Gasteiger partial charge in [0.05, 0.1) is 0 Å². The first-order valence-corrected chi connectivity index (χ1v) is 7.14. The molecule has 0 saturated carbocycles. The van der Waals surface area contributed by atoms with E-state index >= 15 is 0 Å². The molecule has 1 aliphatic rings. The zero-order chi connectivity index (χ0) is 11.2. The molecule has 1 aromatic rings. The van der Waals surface area contributed by atoms with E-state index in [1.165, 1.54) is 48.5 Å². The minimum absolute atomic E-state index is 1.00. The highest BCUT2D eigenvalue weighted by Gasteiger charge is 2.10. The van der Waals surface area contributed by atoms with Crippen LogP contribution >= 0.6 is 11.3 Å². The highest BCUT2D eigenvalue weighted by molar-refractivity contribution is 7.11. The van der Waals surface area contributed by atoms with Crippen molar-refractivity contribution in [2.45, 2.75) is 38.8 Å². The summed E-state index contributed by atoms with van der Waals surface area (Å²) in [5.41, 5.74) is 0. The van der Waals surface area contributed by atoms with Crippen LogP contribution in [0.1, 0.15) is 35.4 Å². The van der Waals surface area contributed by atoms with E-state index in [1.807, 2.05) is 18.4 Å². The molecular weight excluding hydrogens is 216 g/mol. The van der Waals surface area contributed by atoms with Gasteiger partial charge in [0, 0.05) is 22.8 Å². The third kappa shape index (κ3) is 3.58. The summed E-state index contributed by atoms with van der Waals surface area (Å²) >= 11 is 1.95. The second-order valence-electron chi connectivity index (χ2n) is 4.59. The first-order valence-electron chi connectivity index (χ1n) is 6.33. The fourth-order valence-electron chi connectivity index (χ4n) is 2.29. The van der Waals surface area contributed by atoms with Gasteiger partial charge < -0.3 is 5.32 Å². The number of hydrogen-bond acceptors (Lipinski definition) is 3. The molecule has 0 spiro atoms. The second kappa shape index (κ2) is 6.38. The number of nitrogens with one attached hydrogen (secondary N) is 1. The Labute approximate surface area is 103 Å². The molecule has 2 nitrogen and oxygen atoms in total.